The van der Waals surface area contributed by atoms with Gasteiger partial charge in [0.25, 0.3) is 0 Å². The fourth-order valence-corrected chi connectivity index (χ4v) is 3.84. The molecule has 1 aliphatic heterocycles. The van der Waals surface area contributed by atoms with Crippen LogP contribution in [-0.2, 0) is 17.9 Å². The molecule has 0 saturated carbocycles. The molecule has 1 saturated heterocycles. The summed E-state index contributed by atoms with van der Waals surface area (Å²) in [6.07, 6.45) is 2.11. The number of amides is 1. The van der Waals surface area contributed by atoms with E-state index in [-0.39, 0.29) is 11.8 Å². The maximum Gasteiger partial charge on any atom is 0.231 e. The lowest BCUT2D eigenvalue weighted by Gasteiger charge is -2.31. The largest absolute Gasteiger partial charge is 0.497 e. The van der Waals surface area contributed by atoms with Gasteiger partial charge in [-0.15, -0.1) is 0 Å². The number of hydrogen-bond acceptors (Lipinski definition) is 2. The highest BCUT2D eigenvalue weighted by Gasteiger charge is 2.30. The lowest BCUT2D eigenvalue weighted by molar-refractivity contribution is -0.921. The van der Waals surface area contributed by atoms with Crippen LogP contribution in [0.1, 0.15) is 24.0 Å². The SMILES string of the molecule is COc1cccc(C[NH+]2CCC[C@@H](C(=O)N(C)Cc3ccccc3)C2)c1. The van der Waals surface area contributed by atoms with Crippen LogP contribution in [0.15, 0.2) is 54.6 Å². The average molecular weight is 353 g/mol. The number of hydrogen-bond donors (Lipinski definition) is 1. The zero-order valence-electron chi connectivity index (χ0n) is 15.8. The van der Waals surface area contributed by atoms with Gasteiger partial charge in [0.05, 0.1) is 26.1 Å². The smallest absolute Gasteiger partial charge is 0.231 e. The van der Waals surface area contributed by atoms with Gasteiger partial charge in [0.15, 0.2) is 0 Å². The van der Waals surface area contributed by atoms with Gasteiger partial charge in [0.2, 0.25) is 5.91 Å². The van der Waals surface area contributed by atoms with E-state index in [1.807, 2.05) is 42.3 Å². The van der Waals surface area contributed by atoms with Crippen molar-refractivity contribution in [2.45, 2.75) is 25.9 Å². The van der Waals surface area contributed by atoms with E-state index in [1.54, 1.807) is 7.11 Å². The third-order valence-corrected chi connectivity index (χ3v) is 5.19. The fraction of sp³-hybridized carbons (Fsp3) is 0.409. The van der Waals surface area contributed by atoms with Crippen molar-refractivity contribution in [2.75, 3.05) is 27.2 Å². The molecule has 2 atom stereocenters. The van der Waals surface area contributed by atoms with Crippen LogP contribution < -0.4 is 9.64 Å². The van der Waals surface area contributed by atoms with Crippen LogP contribution in [0.3, 0.4) is 0 Å². The first-order chi connectivity index (χ1) is 12.7. The van der Waals surface area contributed by atoms with Gasteiger partial charge < -0.3 is 14.5 Å². The monoisotopic (exact) mass is 353 g/mol. The van der Waals surface area contributed by atoms with E-state index in [4.69, 9.17) is 4.74 Å². The summed E-state index contributed by atoms with van der Waals surface area (Å²) in [5.41, 5.74) is 2.45. The molecule has 1 unspecified atom stereocenters. The van der Waals surface area contributed by atoms with Gasteiger partial charge in [-0.25, -0.2) is 0 Å². The topological polar surface area (TPSA) is 34.0 Å². The Kier molecular flexibility index (Phi) is 6.29. The van der Waals surface area contributed by atoms with E-state index in [2.05, 4.69) is 24.3 Å². The van der Waals surface area contributed by atoms with Crippen molar-refractivity contribution in [3.05, 3.63) is 65.7 Å². The molecular formula is C22H29N2O2+. The number of rotatable bonds is 6. The average Bonchev–Trinajstić information content (AvgIpc) is 2.68. The van der Waals surface area contributed by atoms with Crippen LogP contribution in [0.4, 0.5) is 0 Å². The molecule has 0 radical (unpaired) electrons. The minimum Gasteiger partial charge on any atom is -0.497 e. The molecule has 26 heavy (non-hydrogen) atoms. The molecule has 138 valence electrons. The number of piperidine rings is 1. The zero-order valence-corrected chi connectivity index (χ0v) is 15.8. The molecule has 0 aliphatic carbocycles. The lowest BCUT2D eigenvalue weighted by Crippen LogP contribution is -3.12. The van der Waals surface area contributed by atoms with Crippen molar-refractivity contribution in [3.8, 4) is 5.75 Å². The number of methoxy groups -OCH3 is 1. The van der Waals surface area contributed by atoms with Gasteiger partial charge in [-0.05, 0) is 30.5 Å². The maximum atomic E-state index is 12.9. The molecule has 2 aromatic carbocycles. The van der Waals surface area contributed by atoms with E-state index in [0.29, 0.717) is 6.54 Å². The van der Waals surface area contributed by atoms with Gasteiger partial charge in [-0.1, -0.05) is 42.5 Å². The Morgan fingerprint density at radius 2 is 1.92 bits per heavy atom. The first kappa shape index (κ1) is 18.5. The highest BCUT2D eigenvalue weighted by molar-refractivity contribution is 5.78. The molecule has 1 aliphatic rings. The summed E-state index contributed by atoms with van der Waals surface area (Å²) >= 11 is 0. The van der Waals surface area contributed by atoms with Crippen molar-refractivity contribution in [2.24, 2.45) is 5.92 Å². The Balaban J connectivity index is 1.57. The second kappa shape index (κ2) is 8.86. The Morgan fingerprint density at radius 3 is 2.69 bits per heavy atom. The van der Waals surface area contributed by atoms with Crippen LogP contribution in [0.25, 0.3) is 0 Å². The van der Waals surface area contributed by atoms with Crippen molar-refractivity contribution in [1.29, 1.82) is 0 Å². The molecule has 1 amide bonds. The first-order valence-corrected chi connectivity index (χ1v) is 9.41. The van der Waals surface area contributed by atoms with Gasteiger partial charge in [-0.3, -0.25) is 4.79 Å². The standard InChI is InChI=1S/C22H28N2O2/c1-23(15-18-8-4-3-5-9-18)22(25)20-11-7-13-24(17-20)16-19-10-6-12-21(14-19)26-2/h3-6,8-10,12,14,20H,7,11,13,15-17H2,1-2H3/p+1/t20-/m1/s1. The molecule has 1 fully saturated rings. The number of carbonyl (C=O) groups excluding carboxylic acids is 1. The Labute approximate surface area is 156 Å². The minimum absolute atomic E-state index is 0.123. The molecule has 0 bridgehead atoms. The molecule has 4 nitrogen and oxygen atoms in total. The molecule has 1 N–H and O–H groups in total. The number of quaternary nitrogens is 1. The number of likely N-dealkylation sites (tertiary alicyclic amines) is 1. The molecule has 2 aromatic rings. The molecule has 1 heterocycles. The van der Waals surface area contributed by atoms with Crippen molar-refractivity contribution in [1.82, 2.24) is 4.90 Å². The number of ether oxygens (including phenoxy) is 1. The third kappa shape index (κ3) is 4.85. The lowest BCUT2D eigenvalue weighted by atomic mass is 9.96. The predicted molar refractivity (Wildman–Crippen MR) is 103 cm³/mol. The summed E-state index contributed by atoms with van der Waals surface area (Å²) in [4.78, 5) is 16.3. The van der Waals surface area contributed by atoms with Gasteiger partial charge >= 0.3 is 0 Å². The molecule has 4 heteroatoms. The second-order valence-corrected chi connectivity index (χ2v) is 7.25. The van der Waals surface area contributed by atoms with Crippen molar-refractivity contribution < 1.29 is 14.4 Å². The molecule has 3 rings (SSSR count). The Morgan fingerprint density at radius 1 is 1.15 bits per heavy atom. The second-order valence-electron chi connectivity index (χ2n) is 7.25. The van der Waals surface area contributed by atoms with Gasteiger partial charge in [-0.2, -0.15) is 0 Å². The van der Waals surface area contributed by atoms with Crippen molar-refractivity contribution in [3.63, 3.8) is 0 Å². The minimum atomic E-state index is 0.123. The molecular weight excluding hydrogens is 324 g/mol. The summed E-state index contributed by atoms with van der Waals surface area (Å²) < 4.78 is 5.32. The quantitative estimate of drug-likeness (QED) is 0.863. The van der Waals surface area contributed by atoms with Crippen LogP contribution in [0, 0.1) is 5.92 Å². The zero-order chi connectivity index (χ0) is 18.4. The third-order valence-electron chi connectivity index (χ3n) is 5.19. The number of nitrogens with one attached hydrogen (secondary N) is 1. The van der Waals surface area contributed by atoms with Crippen LogP contribution in [-0.4, -0.2) is 38.1 Å². The number of benzene rings is 2. The summed E-state index contributed by atoms with van der Waals surface area (Å²) in [6, 6.07) is 18.4. The van der Waals surface area contributed by atoms with E-state index < -0.39 is 0 Å². The molecule has 0 spiro atoms. The summed E-state index contributed by atoms with van der Waals surface area (Å²) in [5.74, 6) is 1.30. The van der Waals surface area contributed by atoms with E-state index in [1.165, 1.54) is 16.0 Å². The molecule has 0 aromatic heterocycles. The summed E-state index contributed by atoms with van der Waals surface area (Å²) in [5, 5.41) is 0. The van der Waals surface area contributed by atoms with E-state index >= 15 is 0 Å². The van der Waals surface area contributed by atoms with Crippen LogP contribution in [0.2, 0.25) is 0 Å². The normalized spacial score (nSPS) is 19.8. The van der Waals surface area contributed by atoms with Crippen molar-refractivity contribution >= 4 is 5.91 Å². The highest BCUT2D eigenvalue weighted by atomic mass is 16.5. The summed E-state index contributed by atoms with van der Waals surface area (Å²) in [7, 11) is 3.62. The van der Waals surface area contributed by atoms with E-state index in [9.17, 15) is 4.79 Å². The van der Waals surface area contributed by atoms with Gasteiger partial charge in [0.1, 0.15) is 12.3 Å². The first-order valence-electron chi connectivity index (χ1n) is 9.41. The van der Waals surface area contributed by atoms with Crippen LogP contribution in [0.5, 0.6) is 5.75 Å². The predicted octanol–water partition coefficient (Wildman–Crippen LogP) is 2.15. The maximum absolute atomic E-state index is 12.9. The fourth-order valence-electron chi connectivity index (χ4n) is 3.84. The Bertz CT molecular complexity index is 717. The number of carbonyl (C=O) groups is 1. The number of nitrogens with zero attached hydrogens (tertiary/aromatic N) is 1. The van der Waals surface area contributed by atoms with Crippen LogP contribution >= 0.6 is 0 Å². The summed E-state index contributed by atoms with van der Waals surface area (Å²) in [6.45, 7) is 3.67. The van der Waals surface area contributed by atoms with E-state index in [0.717, 1.165) is 38.2 Å². The highest BCUT2D eigenvalue weighted by Crippen LogP contribution is 2.15. The van der Waals surface area contributed by atoms with Gasteiger partial charge in [0, 0.05) is 19.2 Å². The Hall–Kier alpha value is -2.33.